The fourth-order valence-corrected chi connectivity index (χ4v) is 3.24. The second-order valence-corrected chi connectivity index (χ2v) is 6.08. The molecule has 3 atom stereocenters. The summed E-state index contributed by atoms with van der Waals surface area (Å²) in [6, 6.07) is -0.217. The molecular weight excluding hydrogens is 244 g/mol. The van der Waals surface area contributed by atoms with Crippen molar-refractivity contribution < 1.29 is 14.7 Å². The molecule has 2 fully saturated rings. The second kappa shape index (κ2) is 5.49. The number of carbonyl (C=O) groups excluding carboxylic acids is 1. The minimum atomic E-state index is -1.03. The number of rotatable bonds is 2. The second-order valence-electron chi connectivity index (χ2n) is 6.08. The maximum atomic E-state index is 12.7. The molecular formula is C14H24N2O3. The van der Waals surface area contributed by atoms with Gasteiger partial charge in [0.2, 0.25) is 5.91 Å². The minimum Gasteiger partial charge on any atom is -0.480 e. The van der Waals surface area contributed by atoms with Crippen molar-refractivity contribution in [2.75, 3.05) is 13.1 Å². The van der Waals surface area contributed by atoms with Crippen LogP contribution in [0, 0.1) is 5.92 Å². The van der Waals surface area contributed by atoms with E-state index in [9.17, 15) is 14.7 Å². The van der Waals surface area contributed by atoms with Crippen LogP contribution in [0.5, 0.6) is 0 Å². The minimum absolute atomic E-state index is 0.0307. The maximum Gasteiger partial charge on any atom is 0.329 e. The van der Waals surface area contributed by atoms with Gasteiger partial charge in [0.25, 0.3) is 0 Å². The van der Waals surface area contributed by atoms with Crippen LogP contribution in [0.25, 0.3) is 0 Å². The number of aliphatic carboxylic acids is 1. The van der Waals surface area contributed by atoms with E-state index in [0.717, 1.165) is 32.2 Å². The van der Waals surface area contributed by atoms with E-state index in [1.165, 1.54) is 0 Å². The summed E-state index contributed by atoms with van der Waals surface area (Å²) in [4.78, 5) is 25.8. The molecule has 0 saturated carbocycles. The average Bonchev–Trinajstić information content (AvgIpc) is 2.39. The van der Waals surface area contributed by atoms with Crippen molar-refractivity contribution in [1.82, 2.24) is 10.2 Å². The Hall–Kier alpha value is -1.10. The molecule has 0 spiro atoms. The van der Waals surface area contributed by atoms with Crippen LogP contribution >= 0.6 is 0 Å². The number of hydrogen-bond donors (Lipinski definition) is 2. The summed E-state index contributed by atoms with van der Waals surface area (Å²) in [5, 5.41) is 12.7. The standard InChI is InChI=1S/C14H24N2O3/c1-10-6-5-8-15-11(10)12(17)16-9-4-3-7-14(16,2)13(18)19/h10-11,15H,3-9H2,1-2H3,(H,18,19). The Bertz CT molecular complexity index is 372. The summed E-state index contributed by atoms with van der Waals surface area (Å²) >= 11 is 0. The van der Waals surface area contributed by atoms with Crippen molar-refractivity contribution in [3.05, 3.63) is 0 Å². The van der Waals surface area contributed by atoms with E-state index >= 15 is 0 Å². The normalized spacial score (nSPS) is 36.0. The summed E-state index contributed by atoms with van der Waals surface area (Å²) < 4.78 is 0. The van der Waals surface area contributed by atoms with Crippen molar-refractivity contribution in [2.45, 2.75) is 57.5 Å². The van der Waals surface area contributed by atoms with Gasteiger partial charge in [0.05, 0.1) is 6.04 Å². The van der Waals surface area contributed by atoms with Crippen molar-refractivity contribution >= 4 is 11.9 Å². The van der Waals surface area contributed by atoms with Gasteiger partial charge in [-0.2, -0.15) is 0 Å². The van der Waals surface area contributed by atoms with Crippen LogP contribution in [-0.4, -0.2) is 46.6 Å². The Morgan fingerprint density at radius 2 is 2.05 bits per heavy atom. The molecule has 5 heteroatoms. The quantitative estimate of drug-likeness (QED) is 0.790. The Balaban J connectivity index is 2.17. The lowest BCUT2D eigenvalue weighted by molar-refractivity contribution is -0.162. The lowest BCUT2D eigenvalue weighted by Gasteiger charge is -2.44. The third kappa shape index (κ3) is 2.61. The molecule has 2 rings (SSSR count). The molecule has 3 unspecified atom stereocenters. The van der Waals surface area contributed by atoms with E-state index in [1.54, 1.807) is 11.8 Å². The first-order valence-electron chi connectivity index (χ1n) is 7.25. The largest absolute Gasteiger partial charge is 0.480 e. The average molecular weight is 268 g/mol. The zero-order chi connectivity index (χ0) is 14.0. The third-order valence-corrected chi connectivity index (χ3v) is 4.65. The molecule has 0 aromatic rings. The lowest BCUT2D eigenvalue weighted by atomic mass is 9.85. The highest BCUT2D eigenvalue weighted by molar-refractivity contribution is 5.89. The van der Waals surface area contributed by atoms with Crippen molar-refractivity contribution in [3.8, 4) is 0 Å². The van der Waals surface area contributed by atoms with Gasteiger partial charge in [-0.15, -0.1) is 0 Å². The molecule has 108 valence electrons. The molecule has 0 aromatic carbocycles. The highest BCUT2D eigenvalue weighted by Gasteiger charge is 2.46. The van der Waals surface area contributed by atoms with E-state index in [-0.39, 0.29) is 17.9 Å². The van der Waals surface area contributed by atoms with Gasteiger partial charge in [0.15, 0.2) is 0 Å². The van der Waals surface area contributed by atoms with E-state index in [4.69, 9.17) is 0 Å². The van der Waals surface area contributed by atoms with E-state index < -0.39 is 11.5 Å². The van der Waals surface area contributed by atoms with Crippen LogP contribution in [0.3, 0.4) is 0 Å². The van der Waals surface area contributed by atoms with Crippen LogP contribution in [0.2, 0.25) is 0 Å². The SMILES string of the molecule is CC1CCCNC1C(=O)N1CCCCC1(C)C(=O)O. The van der Waals surface area contributed by atoms with Gasteiger partial charge in [-0.25, -0.2) is 4.79 Å². The molecule has 2 aliphatic heterocycles. The van der Waals surface area contributed by atoms with Crippen molar-refractivity contribution in [1.29, 1.82) is 0 Å². The van der Waals surface area contributed by atoms with Gasteiger partial charge < -0.3 is 15.3 Å². The van der Waals surface area contributed by atoms with Gasteiger partial charge in [-0.1, -0.05) is 6.92 Å². The van der Waals surface area contributed by atoms with Crippen LogP contribution in [0.1, 0.15) is 46.0 Å². The maximum absolute atomic E-state index is 12.7. The number of nitrogens with one attached hydrogen (secondary N) is 1. The van der Waals surface area contributed by atoms with Crippen LogP contribution in [0.4, 0.5) is 0 Å². The third-order valence-electron chi connectivity index (χ3n) is 4.65. The molecule has 2 heterocycles. The van der Waals surface area contributed by atoms with Crippen molar-refractivity contribution in [3.63, 3.8) is 0 Å². The first-order valence-corrected chi connectivity index (χ1v) is 7.25. The number of nitrogens with zero attached hydrogens (tertiary/aromatic N) is 1. The van der Waals surface area contributed by atoms with Gasteiger partial charge in [0.1, 0.15) is 5.54 Å². The zero-order valence-electron chi connectivity index (χ0n) is 11.8. The van der Waals surface area contributed by atoms with E-state index in [2.05, 4.69) is 12.2 Å². The van der Waals surface area contributed by atoms with Crippen molar-refractivity contribution in [2.24, 2.45) is 5.92 Å². The van der Waals surface area contributed by atoms with Gasteiger partial charge >= 0.3 is 5.97 Å². The van der Waals surface area contributed by atoms with E-state index in [1.807, 2.05) is 0 Å². The zero-order valence-corrected chi connectivity index (χ0v) is 11.8. The number of amides is 1. The molecule has 0 radical (unpaired) electrons. The van der Waals surface area contributed by atoms with Gasteiger partial charge in [-0.3, -0.25) is 4.79 Å². The smallest absolute Gasteiger partial charge is 0.329 e. The fourth-order valence-electron chi connectivity index (χ4n) is 3.24. The predicted molar refractivity (Wildman–Crippen MR) is 71.8 cm³/mol. The predicted octanol–water partition coefficient (Wildman–Crippen LogP) is 1.23. The number of carboxylic acid groups (broad SMARTS) is 1. The van der Waals surface area contributed by atoms with Gasteiger partial charge in [0, 0.05) is 6.54 Å². The molecule has 1 amide bonds. The Labute approximate surface area is 114 Å². The number of likely N-dealkylation sites (tertiary alicyclic amines) is 1. The molecule has 5 nitrogen and oxygen atoms in total. The lowest BCUT2D eigenvalue weighted by Crippen LogP contribution is -2.63. The summed E-state index contributed by atoms with van der Waals surface area (Å²) in [5.41, 5.74) is -1.03. The molecule has 2 aliphatic rings. The Kier molecular flexibility index (Phi) is 4.13. The molecule has 0 aliphatic carbocycles. The van der Waals surface area contributed by atoms with E-state index in [0.29, 0.717) is 13.0 Å². The topological polar surface area (TPSA) is 69.6 Å². The molecule has 2 N–H and O–H groups in total. The molecule has 2 saturated heterocycles. The van der Waals surface area contributed by atoms with Crippen LogP contribution in [-0.2, 0) is 9.59 Å². The summed E-state index contributed by atoms with van der Waals surface area (Å²) in [7, 11) is 0. The first kappa shape index (κ1) is 14.3. The van der Waals surface area contributed by atoms with Crippen LogP contribution in [0.15, 0.2) is 0 Å². The summed E-state index contributed by atoms with van der Waals surface area (Å²) in [6.07, 6.45) is 4.44. The number of hydrogen-bond acceptors (Lipinski definition) is 3. The number of piperidine rings is 2. The monoisotopic (exact) mass is 268 g/mol. The molecule has 0 bridgehead atoms. The summed E-state index contributed by atoms with van der Waals surface area (Å²) in [5.74, 6) is -0.637. The Morgan fingerprint density at radius 3 is 2.68 bits per heavy atom. The summed E-state index contributed by atoms with van der Waals surface area (Å²) in [6.45, 7) is 5.15. The first-order chi connectivity index (χ1) is 8.97. The highest BCUT2D eigenvalue weighted by atomic mass is 16.4. The fraction of sp³-hybridized carbons (Fsp3) is 0.857. The highest BCUT2D eigenvalue weighted by Crippen LogP contribution is 2.30. The van der Waals surface area contributed by atoms with Gasteiger partial charge in [-0.05, 0) is 51.5 Å². The number of carboxylic acids is 1. The number of carbonyl (C=O) groups is 2. The molecule has 0 aromatic heterocycles. The van der Waals surface area contributed by atoms with Crippen LogP contribution < -0.4 is 5.32 Å². The molecule has 19 heavy (non-hydrogen) atoms. The Morgan fingerprint density at radius 1 is 1.32 bits per heavy atom.